The molecule has 0 spiro atoms. The van der Waals surface area contributed by atoms with Gasteiger partial charge >= 0.3 is 0 Å². The van der Waals surface area contributed by atoms with E-state index >= 15 is 0 Å². The van der Waals surface area contributed by atoms with Gasteiger partial charge in [0.25, 0.3) is 0 Å². The minimum absolute atomic E-state index is 0.143. The quantitative estimate of drug-likeness (QED) is 0.757. The average molecular weight is 207 g/mol. The van der Waals surface area contributed by atoms with Crippen LogP contribution in [-0.4, -0.2) is 9.55 Å². The van der Waals surface area contributed by atoms with E-state index in [-0.39, 0.29) is 6.04 Å². The van der Waals surface area contributed by atoms with E-state index in [0.29, 0.717) is 5.92 Å². The fraction of sp³-hybridized carbons (Fsp3) is 0.750. The highest BCUT2D eigenvalue weighted by molar-refractivity contribution is 5.04. The SMILES string of the molecule is Cn1cnc(C(N)C2CCCCCC2)c1. The molecule has 0 amide bonds. The topological polar surface area (TPSA) is 43.8 Å². The van der Waals surface area contributed by atoms with Crippen LogP contribution in [0.1, 0.15) is 50.3 Å². The number of nitrogens with two attached hydrogens (primary N) is 1. The van der Waals surface area contributed by atoms with E-state index in [4.69, 9.17) is 5.73 Å². The number of aromatic nitrogens is 2. The summed E-state index contributed by atoms with van der Waals surface area (Å²) in [5.74, 6) is 0.641. The van der Waals surface area contributed by atoms with Gasteiger partial charge in [0.05, 0.1) is 18.1 Å². The van der Waals surface area contributed by atoms with Crippen LogP contribution in [0.15, 0.2) is 12.5 Å². The zero-order valence-corrected chi connectivity index (χ0v) is 9.52. The van der Waals surface area contributed by atoms with Crippen molar-refractivity contribution in [3.63, 3.8) is 0 Å². The molecule has 1 aliphatic rings. The van der Waals surface area contributed by atoms with Gasteiger partial charge in [-0.15, -0.1) is 0 Å². The molecule has 1 aliphatic carbocycles. The Morgan fingerprint density at radius 2 is 2.00 bits per heavy atom. The summed E-state index contributed by atoms with van der Waals surface area (Å²) in [4.78, 5) is 4.36. The molecule has 1 fully saturated rings. The molecule has 0 radical (unpaired) electrons. The van der Waals surface area contributed by atoms with E-state index in [0.717, 1.165) is 5.69 Å². The highest BCUT2D eigenvalue weighted by atomic mass is 15.0. The van der Waals surface area contributed by atoms with Gasteiger partial charge in [-0.25, -0.2) is 4.98 Å². The van der Waals surface area contributed by atoms with Crippen molar-refractivity contribution in [1.82, 2.24) is 9.55 Å². The van der Waals surface area contributed by atoms with Crippen LogP contribution in [-0.2, 0) is 7.05 Å². The molecule has 0 saturated heterocycles. The summed E-state index contributed by atoms with van der Waals surface area (Å²) in [6.07, 6.45) is 11.9. The van der Waals surface area contributed by atoms with Gasteiger partial charge in [0.1, 0.15) is 0 Å². The van der Waals surface area contributed by atoms with E-state index in [9.17, 15) is 0 Å². The van der Waals surface area contributed by atoms with Gasteiger partial charge in [0.2, 0.25) is 0 Å². The van der Waals surface area contributed by atoms with Crippen molar-refractivity contribution in [3.8, 4) is 0 Å². The van der Waals surface area contributed by atoms with Gasteiger partial charge < -0.3 is 10.3 Å². The van der Waals surface area contributed by atoms with Crippen molar-refractivity contribution in [1.29, 1.82) is 0 Å². The Bertz CT molecular complexity index is 298. The summed E-state index contributed by atoms with van der Waals surface area (Å²) in [7, 11) is 2.00. The second-order valence-electron chi connectivity index (χ2n) is 4.74. The van der Waals surface area contributed by atoms with Crippen molar-refractivity contribution in [2.24, 2.45) is 18.7 Å². The molecule has 1 unspecified atom stereocenters. The number of nitrogens with zero attached hydrogens (tertiary/aromatic N) is 2. The molecule has 1 aromatic heterocycles. The smallest absolute Gasteiger partial charge is 0.0947 e. The molecule has 15 heavy (non-hydrogen) atoms. The zero-order chi connectivity index (χ0) is 10.7. The predicted molar refractivity (Wildman–Crippen MR) is 61.3 cm³/mol. The van der Waals surface area contributed by atoms with Crippen LogP contribution in [0.4, 0.5) is 0 Å². The summed E-state index contributed by atoms with van der Waals surface area (Å²) in [5, 5.41) is 0. The maximum Gasteiger partial charge on any atom is 0.0947 e. The molecule has 1 heterocycles. The molecule has 2 N–H and O–H groups in total. The Morgan fingerprint density at radius 3 is 2.53 bits per heavy atom. The Hall–Kier alpha value is -0.830. The number of rotatable bonds is 2. The van der Waals surface area contributed by atoms with Crippen molar-refractivity contribution < 1.29 is 0 Å². The molecule has 1 aromatic rings. The Morgan fingerprint density at radius 1 is 1.33 bits per heavy atom. The molecular formula is C12H21N3. The van der Waals surface area contributed by atoms with Crippen LogP contribution < -0.4 is 5.73 Å². The summed E-state index contributed by atoms with van der Waals surface area (Å²) in [6, 6.07) is 0.143. The standard InChI is InChI=1S/C12H21N3/c1-15-8-11(14-9-15)12(13)10-6-4-2-3-5-7-10/h8-10,12H,2-7,13H2,1H3. The van der Waals surface area contributed by atoms with E-state index < -0.39 is 0 Å². The lowest BCUT2D eigenvalue weighted by atomic mass is 9.91. The van der Waals surface area contributed by atoms with E-state index in [1.807, 2.05) is 17.9 Å². The van der Waals surface area contributed by atoms with Crippen molar-refractivity contribution in [2.75, 3.05) is 0 Å². The van der Waals surface area contributed by atoms with E-state index in [1.165, 1.54) is 38.5 Å². The molecule has 2 rings (SSSR count). The minimum atomic E-state index is 0.143. The highest BCUT2D eigenvalue weighted by Gasteiger charge is 2.22. The predicted octanol–water partition coefficient (Wildman–Crippen LogP) is 2.39. The first-order valence-corrected chi connectivity index (χ1v) is 6.01. The van der Waals surface area contributed by atoms with E-state index in [1.54, 1.807) is 0 Å². The van der Waals surface area contributed by atoms with Crippen LogP contribution in [0.25, 0.3) is 0 Å². The van der Waals surface area contributed by atoms with E-state index in [2.05, 4.69) is 11.2 Å². The van der Waals surface area contributed by atoms with Crippen LogP contribution in [0, 0.1) is 5.92 Å². The Balaban J connectivity index is 2.02. The summed E-state index contributed by atoms with van der Waals surface area (Å²) >= 11 is 0. The maximum absolute atomic E-state index is 6.28. The first-order valence-electron chi connectivity index (χ1n) is 6.01. The van der Waals surface area contributed by atoms with Crippen LogP contribution >= 0.6 is 0 Å². The van der Waals surface area contributed by atoms with Crippen molar-refractivity contribution in [3.05, 3.63) is 18.2 Å². The third kappa shape index (κ3) is 2.59. The minimum Gasteiger partial charge on any atom is -0.340 e. The van der Waals surface area contributed by atoms with Gasteiger partial charge in [0.15, 0.2) is 0 Å². The molecule has 1 atom stereocenters. The van der Waals surface area contributed by atoms with Gasteiger partial charge in [-0.2, -0.15) is 0 Å². The van der Waals surface area contributed by atoms with Crippen LogP contribution in [0.2, 0.25) is 0 Å². The number of aryl methyl sites for hydroxylation is 1. The fourth-order valence-electron chi connectivity index (χ4n) is 2.52. The molecule has 0 aliphatic heterocycles. The lowest BCUT2D eigenvalue weighted by Gasteiger charge is -2.20. The number of hydrogen-bond donors (Lipinski definition) is 1. The second kappa shape index (κ2) is 4.79. The fourth-order valence-corrected chi connectivity index (χ4v) is 2.52. The molecule has 0 bridgehead atoms. The first-order chi connectivity index (χ1) is 7.27. The maximum atomic E-state index is 6.28. The number of hydrogen-bond acceptors (Lipinski definition) is 2. The van der Waals surface area contributed by atoms with Crippen molar-refractivity contribution in [2.45, 2.75) is 44.6 Å². The monoisotopic (exact) mass is 207 g/mol. The highest BCUT2D eigenvalue weighted by Crippen LogP contribution is 2.31. The molecule has 1 saturated carbocycles. The number of imidazole rings is 1. The second-order valence-corrected chi connectivity index (χ2v) is 4.74. The Labute approximate surface area is 91.7 Å². The lowest BCUT2D eigenvalue weighted by Crippen LogP contribution is -2.21. The summed E-state index contributed by atoms with van der Waals surface area (Å²) in [6.45, 7) is 0. The molecular weight excluding hydrogens is 186 g/mol. The van der Waals surface area contributed by atoms with Gasteiger partial charge in [-0.3, -0.25) is 0 Å². The largest absolute Gasteiger partial charge is 0.340 e. The van der Waals surface area contributed by atoms with Crippen LogP contribution in [0.5, 0.6) is 0 Å². The molecule has 84 valence electrons. The van der Waals surface area contributed by atoms with Crippen LogP contribution in [0.3, 0.4) is 0 Å². The molecule has 3 heteroatoms. The summed E-state index contributed by atoms with van der Waals surface area (Å²) < 4.78 is 1.98. The zero-order valence-electron chi connectivity index (χ0n) is 9.52. The van der Waals surface area contributed by atoms with Gasteiger partial charge in [-0.05, 0) is 18.8 Å². The third-order valence-corrected chi connectivity index (χ3v) is 3.47. The molecule has 0 aromatic carbocycles. The third-order valence-electron chi connectivity index (χ3n) is 3.47. The van der Waals surface area contributed by atoms with Gasteiger partial charge in [0, 0.05) is 13.2 Å². The first kappa shape index (κ1) is 10.7. The van der Waals surface area contributed by atoms with Crippen molar-refractivity contribution >= 4 is 0 Å². The summed E-state index contributed by atoms with van der Waals surface area (Å²) in [5.41, 5.74) is 7.34. The Kier molecular flexibility index (Phi) is 3.41. The lowest BCUT2D eigenvalue weighted by molar-refractivity contribution is 0.377. The average Bonchev–Trinajstić information content (AvgIpc) is 2.53. The van der Waals surface area contributed by atoms with Gasteiger partial charge in [-0.1, -0.05) is 25.7 Å². The normalized spacial score (nSPS) is 21.2. The molecule has 3 nitrogen and oxygen atoms in total.